The summed E-state index contributed by atoms with van der Waals surface area (Å²) in [7, 11) is 0. The molecule has 8 nitrogen and oxygen atoms in total. The first kappa shape index (κ1) is 24.6. The molecule has 9 heteroatoms. The van der Waals surface area contributed by atoms with E-state index in [0.29, 0.717) is 18.0 Å². The molecule has 3 aromatic rings. The van der Waals surface area contributed by atoms with Gasteiger partial charge in [-0.3, -0.25) is 4.90 Å². The fourth-order valence-electron chi connectivity index (χ4n) is 6.69. The average molecular weight is 534 g/mol. The number of morpholine rings is 1. The van der Waals surface area contributed by atoms with Crippen LogP contribution < -0.4 is 20.9 Å². The Morgan fingerprint density at radius 2 is 1.71 bits per heavy atom. The lowest BCUT2D eigenvalue weighted by molar-refractivity contribution is 0.00791. The van der Waals surface area contributed by atoms with Crippen LogP contribution in [0.25, 0.3) is 10.2 Å². The van der Waals surface area contributed by atoms with Crippen LogP contribution >= 0.6 is 11.3 Å². The molecule has 0 bridgehead atoms. The lowest BCUT2D eigenvalue weighted by atomic mass is 9.90. The van der Waals surface area contributed by atoms with E-state index in [9.17, 15) is 0 Å². The fraction of sp³-hybridized carbons (Fsp3) is 0.586. The van der Waals surface area contributed by atoms with Gasteiger partial charge in [-0.1, -0.05) is 0 Å². The van der Waals surface area contributed by atoms with Gasteiger partial charge in [-0.15, -0.1) is 11.3 Å². The van der Waals surface area contributed by atoms with Gasteiger partial charge in [0, 0.05) is 67.6 Å². The van der Waals surface area contributed by atoms with Gasteiger partial charge in [-0.2, -0.15) is 4.98 Å². The van der Waals surface area contributed by atoms with Crippen LogP contribution in [0, 0.1) is 0 Å². The molecule has 38 heavy (non-hydrogen) atoms. The molecule has 2 saturated heterocycles. The van der Waals surface area contributed by atoms with Crippen LogP contribution in [0.3, 0.4) is 0 Å². The monoisotopic (exact) mass is 533 g/mol. The molecule has 2 aromatic heterocycles. The van der Waals surface area contributed by atoms with Gasteiger partial charge in [0.25, 0.3) is 0 Å². The van der Waals surface area contributed by atoms with Crippen LogP contribution in [0.4, 0.5) is 23.1 Å². The molecule has 7 rings (SSSR count). The third-order valence-electron chi connectivity index (χ3n) is 8.77. The van der Waals surface area contributed by atoms with Crippen molar-refractivity contribution in [1.29, 1.82) is 0 Å². The van der Waals surface area contributed by atoms with Crippen molar-refractivity contribution in [3.8, 4) is 0 Å². The zero-order chi connectivity index (χ0) is 25.3. The normalized spacial score (nSPS) is 24.5. The molecule has 0 amide bonds. The number of nitrogens with zero attached hydrogens (tertiary/aromatic N) is 4. The predicted molar refractivity (Wildman–Crippen MR) is 156 cm³/mol. The van der Waals surface area contributed by atoms with E-state index >= 15 is 0 Å². The largest absolute Gasteiger partial charge is 0.379 e. The zero-order valence-electron chi connectivity index (χ0n) is 22.2. The summed E-state index contributed by atoms with van der Waals surface area (Å²) < 4.78 is 5.57. The van der Waals surface area contributed by atoms with Gasteiger partial charge in [-0.05, 0) is 74.8 Å². The number of hydrogen-bond donors (Lipinski definition) is 3. The fourth-order valence-corrected chi connectivity index (χ4v) is 7.95. The van der Waals surface area contributed by atoms with E-state index in [1.807, 2.05) is 11.3 Å². The lowest BCUT2D eigenvalue weighted by Gasteiger charge is -2.39. The summed E-state index contributed by atoms with van der Waals surface area (Å²) in [6.45, 7) is 8.14. The Balaban J connectivity index is 1.09. The maximum Gasteiger partial charge on any atom is 0.230 e. The number of ether oxygens (including phenoxy) is 1. The standard InChI is InChI=1S/C29H39N7OS/c1-2-24-25(3-1)38-28-26(24)27(31-20-4-8-23(9-5-20)36-16-18-37-19-17-36)33-29(34-28)32-21-6-10-22(11-7-21)35-14-12-30-13-15-35/h6-7,10-11,20,23,30H,1-5,8-9,12-19H2,(H2,31,32,33,34). The third-order valence-corrected chi connectivity index (χ3v) is 9.96. The Labute approximate surface area is 229 Å². The SMILES string of the molecule is c1cc(N2CCNCC2)ccc1Nc1nc(NC2CCC(N3CCOCC3)CC2)c2c3c(sc2n1)CCC3. The minimum atomic E-state index is 0.466. The van der Waals surface area contributed by atoms with Crippen molar-refractivity contribution in [1.82, 2.24) is 20.2 Å². The van der Waals surface area contributed by atoms with Crippen LogP contribution in [-0.2, 0) is 17.6 Å². The molecule has 4 heterocycles. The highest BCUT2D eigenvalue weighted by Gasteiger charge is 2.29. The molecular weight excluding hydrogens is 494 g/mol. The molecule has 1 saturated carbocycles. The molecule has 2 aliphatic carbocycles. The van der Waals surface area contributed by atoms with Crippen molar-refractivity contribution in [3.63, 3.8) is 0 Å². The van der Waals surface area contributed by atoms with E-state index in [0.717, 1.165) is 75.2 Å². The molecule has 0 atom stereocenters. The van der Waals surface area contributed by atoms with E-state index in [-0.39, 0.29) is 0 Å². The Bertz CT molecular complexity index is 1240. The number of aryl methyl sites for hydroxylation is 2. The van der Waals surface area contributed by atoms with E-state index < -0.39 is 0 Å². The molecular formula is C29H39N7OS. The number of thiophene rings is 1. The molecule has 0 spiro atoms. The highest BCUT2D eigenvalue weighted by Crippen LogP contribution is 2.41. The van der Waals surface area contributed by atoms with Gasteiger partial charge in [0.2, 0.25) is 5.95 Å². The van der Waals surface area contributed by atoms with Crippen molar-refractivity contribution in [3.05, 3.63) is 34.7 Å². The maximum atomic E-state index is 5.57. The summed E-state index contributed by atoms with van der Waals surface area (Å²) in [5, 5.41) is 12.1. The summed E-state index contributed by atoms with van der Waals surface area (Å²) in [4.78, 5) is 17.8. The molecule has 4 aliphatic rings. The van der Waals surface area contributed by atoms with Gasteiger partial charge in [0.05, 0.1) is 18.6 Å². The van der Waals surface area contributed by atoms with Crippen molar-refractivity contribution < 1.29 is 4.74 Å². The van der Waals surface area contributed by atoms with Crippen molar-refractivity contribution in [2.24, 2.45) is 0 Å². The minimum absolute atomic E-state index is 0.466. The number of hydrogen-bond acceptors (Lipinski definition) is 9. The second kappa shape index (κ2) is 11.0. The van der Waals surface area contributed by atoms with Crippen molar-refractivity contribution in [2.75, 3.05) is 68.0 Å². The first-order chi connectivity index (χ1) is 18.8. The van der Waals surface area contributed by atoms with Gasteiger partial charge < -0.3 is 25.6 Å². The zero-order valence-corrected chi connectivity index (χ0v) is 23.0. The average Bonchev–Trinajstić information content (AvgIpc) is 3.56. The Morgan fingerprint density at radius 1 is 0.921 bits per heavy atom. The van der Waals surface area contributed by atoms with Gasteiger partial charge in [-0.25, -0.2) is 4.98 Å². The topological polar surface area (TPSA) is 77.6 Å². The summed E-state index contributed by atoms with van der Waals surface area (Å²) in [5.41, 5.74) is 3.80. The van der Waals surface area contributed by atoms with Gasteiger partial charge >= 0.3 is 0 Å². The molecule has 202 valence electrons. The minimum Gasteiger partial charge on any atom is -0.379 e. The number of fused-ring (bicyclic) bond motifs is 3. The van der Waals surface area contributed by atoms with Crippen molar-refractivity contribution >= 4 is 44.7 Å². The smallest absolute Gasteiger partial charge is 0.230 e. The van der Waals surface area contributed by atoms with Crippen LogP contribution in [0.5, 0.6) is 0 Å². The van der Waals surface area contributed by atoms with E-state index in [1.165, 1.54) is 60.0 Å². The molecule has 2 aliphatic heterocycles. The molecule has 0 unspecified atom stereocenters. The van der Waals surface area contributed by atoms with Gasteiger partial charge in [0.15, 0.2) is 0 Å². The van der Waals surface area contributed by atoms with Gasteiger partial charge in [0.1, 0.15) is 10.6 Å². The number of rotatable bonds is 6. The maximum absolute atomic E-state index is 5.57. The summed E-state index contributed by atoms with van der Waals surface area (Å²) in [6.07, 6.45) is 8.46. The van der Waals surface area contributed by atoms with E-state index in [4.69, 9.17) is 14.7 Å². The summed E-state index contributed by atoms with van der Waals surface area (Å²) in [6, 6.07) is 9.89. The number of aromatic nitrogens is 2. The Kier molecular flexibility index (Phi) is 7.09. The highest BCUT2D eigenvalue weighted by atomic mass is 32.1. The first-order valence-electron chi connectivity index (χ1n) is 14.5. The van der Waals surface area contributed by atoms with E-state index in [2.05, 4.69) is 50.0 Å². The predicted octanol–water partition coefficient (Wildman–Crippen LogP) is 4.39. The number of benzene rings is 1. The quantitative estimate of drug-likeness (QED) is 0.431. The first-order valence-corrected chi connectivity index (χ1v) is 15.4. The van der Waals surface area contributed by atoms with E-state index in [1.54, 1.807) is 0 Å². The van der Waals surface area contributed by atoms with Crippen LogP contribution in [0.2, 0.25) is 0 Å². The summed E-state index contributed by atoms with van der Waals surface area (Å²) >= 11 is 1.87. The second-order valence-electron chi connectivity index (χ2n) is 11.1. The van der Waals surface area contributed by atoms with Crippen LogP contribution in [0.1, 0.15) is 42.5 Å². The van der Waals surface area contributed by atoms with Crippen molar-refractivity contribution in [2.45, 2.75) is 57.0 Å². The molecule has 1 aromatic carbocycles. The Morgan fingerprint density at radius 3 is 2.50 bits per heavy atom. The number of nitrogens with one attached hydrogen (secondary N) is 3. The van der Waals surface area contributed by atoms with Crippen LogP contribution in [-0.4, -0.2) is 79.4 Å². The third kappa shape index (κ3) is 5.09. The number of piperazine rings is 1. The highest BCUT2D eigenvalue weighted by molar-refractivity contribution is 7.19. The number of anilines is 4. The molecule has 3 fully saturated rings. The Hall–Kier alpha value is -2.46. The molecule has 3 N–H and O–H groups in total. The second-order valence-corrected chi connectivity index (χ2v) is 12.2. The summed E-state index contributed by atoms with van der Waals surface area (Å²) in [5.74, 6) is 1.72. The molecule has 0 radical (unpaired) electrons. The lowest BCUT2D eigenvalue weighted by Crippen LogP contribution is -2.46. The van der Waals surface area contributed by atoms with Crippen LogP contribution in [0.15, 0.2) is 24.3 Å².